The summed E-state index contributed by atoms with van der Waals surface area (Å²) in [6.07, 6.45) is 5.90. The molecular weight excluding hydrogens is 122 g/mol. The van der Waals surface area contributed by atoms with Crippen LogP contribution in [0.25, 0.3) is 0 Å². The van der Waals surface area contributed by atoms with Crippen molar-refractivity contribution < 1.29 is 0 Å². The molecule has 0 saturated heterocycles. The first-order valence-electron chi connectivity index (χ1n) is 4.51. The van der Waals surface area contributed by atoms with Crippen molar-refractivity contribution in [1.29, 1.82) is 0 Å². The lowest BCUT2D eigenvalue weighted by molar-refractivity contribution is 0.291. The maximum Gasteiger partial charge on any atom is 0.000649 e. The van der Waals surface area contributed by atoms with E-state index in [-0.39, 0.29) is 0 Å². The van der Waals surface area contributed by atoms with Gasteiger partial charge < -0.3 is 4.90 Å². The SMILES string of the molecule is CCN(C)CC1CCCC1. The lowest BCUT2D eigenvalue weighted by Gasteiger charge is -2.18. The fraction of sp³-hybridized carbons (Fsp3) is 1.00. The summed E-state index contributed by atoms with van der Waals surface area (Å²) in [5.74, 6) is 1.02. The van der Waals surface area contributed by atoms with Crippen molar-refractivity contribution in [2.24, 2.45) is 5.92 Å². The molecule has 1 nitrogen and oxygen atoms in total. The first-order valence-corrected chi connectivity index (χ1v) is 4.51. The molecule has 1 aliphatic carbocycles. The molecule has 0 aromatic heterocycles. The van der Waals surface area contributed by atoms with Gasteiger partial charge in [-0.15, -0.1) is 0 Å². The van der Waals surface area contributed by atoms with Gasteiger partial charge in [-0.2, -0.15) is 0 Å². The number of nitrogens with zero attached hydrogens (tertiary/aromatic N) is 1. The third kappa shape index (κ3) is 2.30. The molecule has 0 aromatic rings. The van der Waals surface area contributed by atoms with E-state index in [1.807, 2.05) is 0 Å². The van der Waals surface area contributed by atoms with E-state index < -0.39 is 0 Å². The van der Waals surface area contributed by atoms with Crippen LogP contribution in [0.1, 0.15) is 32.6 Å². The fourth-order valence-electron chi connectivity index (χ4n) is 1.76. The highest BCUT2D eigenvalue weighted by molar-refractivity contribution is 4.69. The molecule has 1 saturated carbocycles. The van der Waals surface area contributed by atoms with Gasteiger partial charge >= 0.3 is 0 Å². The lowest BCUT2D eigenvalue weighted by Crippen LogP contribution is -2.23. The first kappa shape index (κ1) is 8.06. The Balaban J connectivity index is 2.11. The van der Waals surface area contributed by atoms with Crippen molar-refractivity contribution in [3.8, 4) is 0 Å². The number of rotatable bonds is 3. The summed E-state index contributed by atoms with van der Waals surface area (Å²) in [5, 5.41) is 0. The summed E-state index contributed by atoms with van der Waals surface area (Å²) in [6.45, 7) is 4.77. The van der Waals surface area contributed by atoms with Gasteiger partial charge in [0.2, 0.25) is 0 Å². The molecule has 0 atom stereocenters. The maximum atomic E-state index is 2.43. The first-order chi connectivity index (χ1) is 4.83. The quantitative estimate of drug-likeness (QED) is 0.582. The number of hydrogen-bond acceptors (Lipinski definition) is 1. The van der Waals surface area contributed by atoms with Gasteiger partial charge in [-0.3, -0.25) is 0 Å². The predicted octanol–water partition coefficient (Wildman–Crippen LogP) is 2.13. The van der Waals surface area contributed by atoms with E-state index in [1.165, 1.54) is 38.8 Å². The summed E-state index contributed by atoms with van der Waals surface area (Å²) in [7, 11) is 2.22. The zero-order valence-electron chi connectivity index (χ0n) is 7.27. The van der Waals surface area contributed by atoms with Gasteiger partial charge in [0.15, 0.2) is 0 Å². The molecule has 0 unspecified atom stereocenters. The highest BCUT2D eigenvalue weighted by Crippen LogP contribution is 2.24. The zero-order valence-corrected chi connectivity index (χ0v) is 7.27. The second kappa shape index (κ2) is 3.97. The molecule has 0 amide bonds. The predicted molar refractivity (Wildman–Crippen MR) is 45.1 cm³/mol. The Bertz CT molecular complexity index is 84.7. The van der Waals surface area contributed by atoms with Crippen LogP contribution in [0, 0.1) is 5.92 Å². The Hall–Kier alpha value is -0.0400. The highest BCUT2D eigenvalue weighted by atomic mass is 15.1. The van der Waals surface area contributed by atoms with Crippen molar-refractivity contribution >= 4 is 0 Å². The normalized spacial score (nSPS) is 20.7. The van der Waals surface area contributed by atoms with E-state index in [9.17, 15) is 0 Å². The highest BCUT2D eigenvalue weighted by Gasteiger charge is 2.15. The van der Waals surface area contributed by atoms with Crippen molar-refractivity contribution in [2.45, 2.75) is 32.6 Å². The molecule has 0 N–H and O–H groups in total. The van der Waals surface area contributed by atoms with Crippen LogP contribution in [-0.4, -0.2) is 25.0 Å². The van der Waals surface area contributed by atoms with E-state index in [1.54, 1.807) is 0 Å². The molecule has 1 fully saturated rings. The molecule has 0 heterocycles. The van der Waals surface area contributed by atoms with Crippen LogP contribution >= 0.6 is 0 Å². The van der Waals surface area contributed by atoms with Crippen LogP contribution in [0.4, 0.5) is 0 Å². The van der Waals surface area contributed by atoms with Gasteiger partial charge in [-0.1, -0.05) is 19.8 Å². The van der Waals surface area contributed by atoms with Gasteiger partial charge in [0.05, 0.1) is 0 Å². The molecule has 1 rings (SSSR count). The van der Waals surface area contributed by atoms with Crippen LogP contribution in [-0.2, 0) is 0 Å². The monoisotopic (exact) mass is 141 g/mol. The van der Waals surface area contributed by atoms with Gasteiger partial charge in [-0.05, 0) is 32.4 Å². The third-order valence-corrected chi connectivity index (χ3v) is 2.58. The molecule has 10 heavy (non-hydrogen) atoms. The summed E-state index contributed by atoms with van der Waals surface area (Å²) in [6, 6.07) is 0. The molecule has 1 aliphatic rings. The van der Waals surface area contributed by atoms with E-state index in [2.05, 4.69) is 18.9 Å². The molecule has 0 aromatic carbocycles. The minimum atomic E-state index is 1.02. The standard InChI is InChI=1S/C9H19N/c1-3-10(2)8-9-6-4-5-7-9/h9H,3-8H2,1-2H3. The minimum Gasteiger partial charge on any atom is -0.306 e. The Morgan fingerprint density at radius 1 is 1.30 bits per heavy atom. The summed E-state index contributed by atoms with van der Waals surface area (Å²) < 4.78 is 0. The van der Waals surface area contributed by atoms with Crippen molar-refractivity contribution in [1.82, 2.24) is 4.90 Å². The topological polar surface area (TPSA) is 3.24 Å². The largest absolute Gasteiger partial charge is 0.306 e. The van der Waals surface area contributed by atoms with Gasteiger partial charge in [0, 0.05) is 6.54 Å². The van der Waals surface area contributed by atoms with Crippen molar-refractivity contribution in [3.05, 3.63) is 0 Å². The van der Waals surface area contributed by atoms with E-state index in [4.69, 9.17) is 0 Å². The molecule has 1 heteroatoms. The maximum absolute atomic E-state index is 2.43. The summed E-state index contributed by atoms with van der Waals surface area (Å²) >= 11 is 0. The Kier molecular flexibility index (Phi) is 3.20. The van der Waals surface area contributed by atoms with Crippen LogP contribution in [0.2, 0.25) is 0 Å². The van der Waals surface area contributed by atoms with E-state index in [0.717, 1.165) is 5.92 Å². The second-order valence-electron chi connectivity index (χ2n) is 3.51. The van der Waals surface area contributed by atoms with Crippen LogP contribution in [0.15, 0.2) is 0 Å². The van der Waals surface area contributed by atoms with E-state index in [0.29, 0.717) is 0 Å². The molecule has 0 aliphatic heterocycles. The van der Waals surface area contributed by atoms with Crippen LogP contribution in [0.5, 0.6) is 0 Å². The zero-order chi connectivity index (χ0) is 7.40. The molecular formula is C9H19N. The second-order valence-corrected chi connectivity index (χ2v) is 3.51. The smallest absolute Gasteiger partial charge is 0.000649 e. The average Bonchev–Trinajstić information content (AvgIpc) is 2.40. The minimum absolute atomic E-state index is 1.02. The van der Waals surface area contributed by atoms with Gasteiger partial charge in [0.1, 0.15) is 0 Å². The summed E-state index contributed by atoms with van der Waals surface area (Å²) in [5.41, 5.74) is 0. The van der Waals surface area contributed by atoms with Gasteiger partial charge in [-0.25, -0.2) is 0 Å². The average molecular weight is 141 g/mol. The lowest BCUT2D eigenvalue weighted by atomic mass is 10.1. The molecule has 60 valence electrons. The van der Waals surface area contributed by atoms with Crippen LogP contribution in [0.3, 0.4) is 0 Å². The molecule has 0 spiro atoms. The fourth-order valence-corrected chi connectivity index (χ4v) is 1.76. The number of hydrogen-bond donors (Lipinski definition) is 0. The van der Waals surface area contributed by atoms with Crippen LogP contribution < -0.4 is 0 Å². The molecule has 0 bridgehead atoms. The molecule has 0 radical (unpaired) electrons. The van der Waals surface area contributed by atoms with E-state index >= 15 is 0 Å². The Morgan fingerprint density at radius 3 is 2.40 bits per heavy atom. The summed E-state index contributed by atoms with van der Waals surface area (Å²) in [4.78, 5) is 2.43. The third-order valence-electron chi connectivity index (χ3n) is 2.58. The van der Waals surface area contributed by atoms with Crippen molar-refractivity contribution in [3.63, 3.8) is 0 Å². The van der Waals surface area contributed by atoms with Gasteiger partial charge in [0.25, 0.3) is 0 Å². The Labute approximate surface area is 64.4 Å². The van der Waals surface area contributed by atoms with Crippen molar-refractivity contribution in [2.75, 3.05) is 20.1 Å². The Morgan fingerprint density at radius 2 is 1.90 bits per heavy atom.